The van der Waals surface area contributed by atoms with Crippen molar-refractivity contribution >= 4 is 22.1 Å². The fourth-order valence-corrected chi connectivity index (χ4v) is 8.49. The summed E-state index contributed by atoms with van der Waals surface area (Å²) in [6.07, 6.45) is 0.788. The van der Waals surface area contributed by atoms with E-state index in [0.29, 0.717) is 49.7 Å². The topological polar surface area (TPSA) is 190 Å². The van der Waals surface area contributed by atoms with Crippen LogP contribution in [0.4, 0.5) is 4.79 Å². The number of ether oxygens (including phenoxy) is 6. The average Bonchev–Trinajstić information content (AvgIpc) is 3.93. The third-order valence-corrected chi connectivity index (χ3v) is 11.5. The zero-order valence-electron chi connectivity index (χ0n) is 30.8. The Morgan fingerprint density at radius 2 is 1.82 bits per heavy atom. The maximum Gasteiger partial charge on any atom is 0.407 e. The SMILES string of the molecule is CC(C)(CCCN=C(NC#N)Oc1ccccc1)CN(C[C@@H](O)[C@H](Cc1ccccc1)NC(=O)O[C@H]1CO[C@H]2OCC[C@H]21)S(=O)(=O)c1ccc2c(c1)OCO2. The Hall–Kier alpha value is -4.92. The summed E-state index contributed by atoms with van der Waals surface area (Å²) >= 11 is 0. The molecule has 0 saturated carbocycles. The summed E-state index contributed by atoms with van der Waals surface area (Å²) in [6, 6.07) is 21.8. The number of fused-ring (bicyclic) bond motifs is 2. The number of amides is 1. The molecule has 6 rings (SSSR count). The van der Waals surface area contributed by atoms with E-state index in [-0.39, 0.29) is 49.7 Å². The molecule has 3 aliphatic rings. The highest BCUT2D eigenvalue weighted by atomic mass is 32.2. The molecule has 0 spiro atoms. The normalized spacial score (nSPS) is 20.3. The lowest BCUT2D eigenvalue weighted by Gasteiger charge is -2.35. The highest BCUT2D eigenvalue weighted by molar-refractivity contribution is 7.89. The zero-order chi connectivity index (χ0) is 38.8. The molecule has 15 nitrogen and oxygen atoms in total. The largest absolute Gasteiger partial charge is 0.454 e. The molecule has 0 unspecified atom stereocenters. The second-order valence-electron chi connectivity index (χ2n) is 14.4. The van der Waals surface area contributed by atoms with Crippen molar-refractivity contribution in [2.45, 2.75) is 69.0 Å². The molecule has 5 atom stereocenters. The van der Waals surface area contributed by atoms with Gasteiger partial charge in [-0.05, 0) is 60.9 Å². The highest BCUT2D eigenvalue weighted by Gasteiger charge is 2.44. The fourth-order valence-electron chi connectivity index (χ4n) is 6.83. The van der Waals surface area contributed by atoms with Crippen LogP contribution in [-0.2, 0) is 30.7 Å². The first-order chi connectivity index (χ1) is 26.5. The smallest absolute Gasteiger partial charge is 0.407 e. The Labute approximate surface area is 321 Å². The van der Waals surface area contributed by atoms with Gasteiger partial charge in [-0.1, -0.05) is 62.4 Å². The van der Waals surface area contributed by atoms with Gasteiger partial charge in [0, 0.05) is 25.7 Å². The predicted molar refractivity (Wildman–Crippen MR) is 200 cm³/mol. The Morgan fingerprint density at radius 3 is 2.58 bits per heavy atom. The molecule has 1 amide bonds. The number of benzene rings is 3. The van der Waals surface area contributed by atoms with E-state index in [1.165, 1.54) is 16.4 Å². The van der Waals surface area contributed by atoms with Gasteiger partial charge in [0.25, 0.3) is 0 Å². The average molecular weight is 778 g/mol. The molecule has 3 N–H and O–H groups in total. The molecule has 55 heavy (non-hydrogen) atoms. The molecule has 0 aliphatic carbocycles. The van der Waals surface area contributed by atoms with Gasteiger partial charge >= 0.3 is 12.1 Å². The Kier molecular flexibility index (Phi) is 13.1. The number of amidine groups is 1. The van der Waals surface area contributed by atoms with Crippen LogP contribution < -0.4 is 24.8 Å². The van der Waals surface area contributed by atoms with Crippen LogP contribution in [0.15, 0.2) is 88.8 Å². The number of aliphatic hydroxyl groups excluding tert-OH is 1. The van der Waals surface area contributed by atoms with Crippen molar-refractivity contribution in [2.75, 3.05) is 39.6 Å². The molecule has 2 fully saturated rings. The van der Waals surface area contributed by atoms with E-state index < -0.39 is 46.1 Å². The van der Waals surface area contributed by atoms with E-state index in [4.69, 9.17) is 28.4 Å². The van der Waals surface area contributed by atoms with Gasteiger partial charge in [-0.15, -0.1) is 0 Å². The fraction of sp³-hybridized carbons (Fsp3) is 0.462. The lowest BCUT2D eigenvalue weighted by atomic mass is 9.87. The van der Waals surface area contributed by atoms with Crippen LogP contribution >= 0.6 is 0 Å². The zero-order valence-corrected chi connectivity index (χ0v) is 31.7. The van der Waals surface area contributed by atoms with Crippen molar-refractivity contribution in [1.29, 1.82) is 5.26 Å². The number of alkyl carbamates (subject to hydrolysis) is 1. The van der Waals surface area contributed by atoms with Crippen LogP contribution in [0.5, 0.6) is 17.2 Å². The van der Waals surface area contributed by atoms with Crippen LogP contribution in [-0.4, -0.2) is 94.1 Å². The Morgan fingerprint density at radius 1 is 1.07 bits per heavy atom. The minimum absolute atomic E-state index is 0.0132. The summed E-state index contributed by atoms with van der Waals surface area (Å²) in [5.74, 6) is 1.17. The molecule has 3 aromatic rings. The number of hydrogen-bond donors (Lipinski definition) is 3. The van der Waals surface area contributed by atoms with Gasteiger partial charge in [0.15, 0.2) is 24.0 Å². The Balaban J connectivity index is 1.19. The third-order valence-electron chi connectivity index (χ3n) is 9.67. The number of nitrogens with one attached hydrogen (secondary N) is 2. The number of carbonyl (C=O) groups excluding carboxylic acids is 1. The molecule has 3 heterocycles. The van der Waals surface area contributed by atoms with Gasteiger partial charge in [0.05, 0.1) is 36.2 Å². The van der Waals surface area contributed by atoms with Crippen molar-refractivity contribution in [3.63, 3.8) is 0 Å². The number of aliphatic hydroxyl groups is 1. The van der Waals surface area contributed by atoms with Crippen molar-refractivity contribution in [2.24, 2.45) is 16.3 Å². The van der Waals surface area contributed by atoms with E-state index in [1.54, 1.807) is 30.3 Å². The van der Waals surface area contributed by atoms with Gasteiger partial charge in [-0.3, -0.25) is 0 Å². The summed E-state index contributed by atoms with van der Waals surface area (Å²) in [6.45, 7) is 4.52. The maximum atomic E-state index is 14.5. The summed E-state index contributed by atoms with van der Waals surface area (Å²) in [7, 11) is -4.23. The molecule has 3 aromatic carbocycles. The number of nitrogens with zero attached hydrogens (tertiary/aromatic N) is 3. The number of sulfonamides is 1. The second kappa shape index (κ2) is 18.1. The first-order valence-electron chi connectivity index (χ1n) is 18.3. The number of aliphatic imine (C=N–C) groups is 1. The number of para-hydroxylation sites is 1. The molecule has 16 heteroatoms. The molecule has 0 aromatic heterocycles. The first kappa shape index (κ1) is 39.8. The molecule has 3 aliphatic heterocycles. The summed E-state index contributed by atoms with van der Waals surface area (Å²) in [5.41, 5.74) is 0.207. The predicted octanol–water partition coefficient (Wildman–Crippen LogP) is 4.18. The van der Waals surface area contributed by atoms with E-state index in [9.17, 15) is 23.6 Å². The summed E-state index contributed by atoms with van der Waals surface area (Å²) < 4.78 is 63.7. The van der Waals surface area contributed by atoms with Gasteiger partial charge in [0.1, 0.15) is 11.9 Å². The molecule has 2 saturated heterocycles. The van der Waals surface area contributed by atoms with Crippen molar-refractivity contribution in [3.8, 4) is 23.4 Å². The highest BCUT2D eigenvalue weighted by Crippen LogP contribution is 2.36. The van der Waals surface area contributed by atoms with Crippen LogP contribution in [0.3, 0.4) is 0 Å². The monoisotopic (exact) mass is 777 g/mol. The van der Waals surface area contributed by atoms with E-state index >= 15 is 0 Å². The number of nitriles is 1. The summed E-state index contributed by atoms with van der Waals surface area (Å²) in [4.78, 5) is 17.7. The summed E-state index contributed by atoms with van der Waals surface area (Å²) in [5, 5.41) is 26.4. The lowest BCUT2D eigenvalue weighted by Crippen LogP contribution is -2.52. The number of carbonyl (C=O) groups is 1. The van der Waals surface area contributed by atoms with Crippen LogP contribution in [0.1, 0.15) is 38.7 Å². The van der Waals surface area contributed by atoms with Crippen LogP contribution in [0.2, 0.25) is 0 Å². The van der Waals surface area contributed by atoms with Crippen LogP contribution in [0.25, 0.3) is 0 Å². The molecule has 0 radical (unpaired) electrons. The standard InChI is InChI=1S/C39H47N5O10S/c1-39(2,17-9-18-41-37(42-25-40)53-28-12-7-4-8-13-28)24-44(55(47,48)29-14-15-33-34(21-29)52-26-51-33)22-32(45)31(20-27-10-5-3-6-11-27)43-38(46)54-35-23-50-36-30(35)16-19-49-36/h3-8,10-15,21,30-32,35-36,45H,9,16-20,22-24,26H2,1-2H3,(H,41,42)(H,43,46)/t30-,31-,32+,35-,36+/m0/s1. The van der Waals surface area contributed by atoms with E-state index in [2.05, 4.69) is 15.6 Å². The molecule has 0 bridgehead atoms. The van der Waals surface area contributed by atoms with Gasteiger partial charge < -0.3 is 38.8 Å². The van der Waals surface area contributed by atoms with Crippen molar-refractivity contribution in [1.82, 2.24) is 14.9 Å². The van der Waals surface area contributed by atoms with Crippen molar-refractivity contribution in [3.05, 3.63) is 84.4 Å². The van der Waals surface area contributed by atoms with Gasteiger partial charge in [0.2, 0.25) is 16.8 Å². The second-order valence-corrected chi connectivity index (χ2v) is 16.3. The Bertz CT molecular complexity index is 1930. The lowest BCUT2D eigenvalue weighted by molar-refractivity contribution is -0.0907. The van der Waals surface area contributed by atoms with E-state index in [0.717, 1.165) is 5.56 Å². The van der Waals surface area contributed by atoms with Gasteiger partial charge in [-0.2, -0.15) is 9.57 Å². The quantitative estimate of drug-likeness (QED) is 0.0620. The molecular weight excluding hydrogens is 731 g/mol. The minimum Gasteiger partial charge on any atom is -0.454 e. The van der Waals surface area contributed by atoms with E-state index in [1.807, 2.05) is 56.4 Å². The van der Waals surface area contributed by atoms with Crippen molar-refractivity contribution < 1.29 is 46.7 Å². The maximum absolute atomic E-state index is 14.5. The minimum atomic E-state index is -4.23. The van der Waals surface area contributed by atoms with Gasteiger partial charge in [-0.25, -0.2) is 23.5 Å². The molecular formula is C39H47N5O10S. The number of rotatable bonds is 16. The van der Waals surface area contributed by atoms with Crippen LogP contribution in [0, 0.1) is 22.8 Å². The third kappa shape index (κ3) is 10.6. The number of hydrogen-bond acceptors (Lipinski definition) is 12. The molecule has 294 valence electrons. The first-order valence-corrected chi connectivity index (χ1v) is 19.7.